The first kappa shape index (κ1) is 18.4. The van der Waals surface area contributed by atoms with Gasteiger partial charge in [-0.1, -0.05) is 0 Å². The molecule has 0 aromatic heterocycles. The Morgan fingerprint density at radius 3 is 2.28 bits per heavy atom. The third kappa shape index (κ3) is 4.34. The van der Waals surface area contributed by atoms with Crippen LogP contribution in [0.4, 0.5) is 18.9 Å². The van der Waals surface area contributed by atoms with Crippen LogP contribution < -0.4 is 10.0 Å². The van der Waals surface area contributed by atoms with E-state index in [-0.39, 0.29) is 10.5 Å². The number of carbonyl (C=O) groups is 1. The maximum absolute atomic E-state index is 13.4. The number of sulfonamides is 1. The second kappa shape index (κ2) is 7.33. The predicted molar refractivity (Wildman–Crippen MR) is 81.3 cm³/mol. The third-order valence-electron chi connectivity index (χ3n) is 3.03. The minimum absolute atomic E-state index is 0.182. The summed E-state index contributed by atoms with van der Waals surface area (Å²) in [5.74, 6) is -5.75. The minimum atomic E-state index is -4.05. The van der Waals surface area contributed by atoms with Gasteiger partial charge in [0.2, 0.25) is 15.9 Å². The molecule has 10 heteroatoms. The van der Waals surface area contributed by atoms with Crippen LogP contribution in [0.5, 0.6) is 0 Å². The third-order valence-corrected chi connectivity index (χ3v) is 4.44. The van der Waals surface area contributed by atoms with Crippen LogP contribution in [-0.4, -0.2) is 20.9 Å². The molecule has 0 saturated carbocycles. The molecule has 6 nitrogen and oxygen atoms in total. The summed E-state index contributed by atoms with van der Waals surface area (Å²) in [6.07, 6.45) is 0. The van der Waals surface area contributed by atoms with E-state index in [4.69, 9.17) is 5.26 Å². The van der Waals surface area contributed by atoms with Crippen LogP contribution in [-0.2, 0) is 14.8 Å². The van der Waals surface area contributed by atoms with E-state index < -0.39 is 45.6 Å². The number of nitriles is 1. The van der Waals surface area contributed by atoms with Crippen molar-refractivity contribution in [3.63, 3.8) is 0 Å². The molecule has 0 saturated heterocycles. The number of hydrogen-bond donors (Lipinski definition) is 2. The first-order valence-corrected chi connectivity index (χ1v) is 8.16. The summed E-state index contributed by atoms with van der Waals surface area (Å²) in [4.78, 5) is 11.5. The number of carbonyl (C=O) groups excluding carboxylic acids is 1. The highest BCUT2D eigenvalue weighted by Gasteiger charge is 2.18. The van der Waals surface area contributed by atoms with Crippen molar-refractivity contribution in [1.82, 2.24) is 4.72 Å². The van der Waals surface area contributed by atoms with Gasteiger partial charge in [-0.3, -0.25) is 4.79 Å². The maximum Gasteiger partial charge on any atom is 0.241 e. The lowest BCUT2D eigenvalue weighted by atomic mass is 10.2. The fourth-order valence-corrected chi connectivity index (χ4v) is 2.75. The Morgan fingerprint density at radius 1 is 1.04 bits per heavy atom. The SMILES string of the molecule is N#Cc1ccc(S(=O)(=O)NCC(=O)Nc2ccc(F)c(F)c2F)cc1. The smallest absolute Gasteiger partial charge is 0.241 e. The van der Waals surface area contributed by atoms with Crippen LogP contribution in [0.15, 0.2) is 41.3 Å². The number of nitrogens with one attached hydrogen (secondary N) is 2. The second-order valence-electron chi connectivity index (χ2n) is 4.73. The van der Waals surface area contributed by atoms with E-state index in [9.17, 15) is 26.4 Å². The van der Waals surface area contributed by atoms with E-state index in [0.29, 0.717) is 6.07 Å². The molecule has 0 unspecified atom stereocenters. The van der Waals surface area contributed by atoms with Crippen molar-refractivity contribution in [2.75, 3.05) is 11.9 Å². The van der Waals surface area contributed by atoms with Crippen LogP contribution in [0.3, 0.4) is 0 Å². The van der Waals surface area contributed by atoms with E-state index in [2.05, 4.69) is 0 Å². The Balaban J connectivity index is 2.04. The molecular formula is C15H10F3N3O3S. The Kier molecular flexibility index (Phi) is 5.41. The Morgan fingerprint density at radius 2 is 1.68 bits per heavy atom. The van der Waals surface area contributed by atoms with Crippen molar-refractivity contribution in [3.8, 4) is 6.07 Å². The summed E-state index contributed by atoms with van der Waals surface area (Å²) < 4.78 is 65.3. The molecule has 2 aromatic rings. The summed E-state index contributed by atoms with van der Waals surface area (Å²) in [7, 11) is -4.05. The van der Waals surface area contributed by atoms with E-state index in [0.717, 1.165) is 6.07 Å². The molecule has 130 valence electrons. The van der Waals surface area contributed by atoms with Gasteiger partial charge in [-0.2, -0.15) is 5.26 Å². The van der Waals surface area contributed by atoms with Crippen LogP contribution in [0.2, 0.25) is 0 Å². The molecule has 1 amide bonds. The molecule has 0 aliphatic rings. The molecule has 0 atom stereocenters. The highest BCUT2D eigenvalue weighted by atomic mass is 32.2. The van der Waals surface area contributed by atoms with Crippen LogP contribution in [0.1, 0.15) is 5.56 Å². The molecule has 2 aromatic carbocycles. The lowest BCUT2D eigenvalue weighted by molar-refractivity contribution is -0.115. The first-order valence-electron chi connectivity index (χ1n) is 6.68. The standard InChI is InChI=1S/C15H10F3N3O3S/c16-11-5-6-12(15(18)14(11)17)21-13(22)8-20-25(23,24)10-3-1-9(7-19)2-4-10/h1-6,20H,8H2,(H,21,22). The van der Waals surface area contributed by atoms with Gasteiger partial charge >= 0.3 is 0 Å². The van der Waals surface area contributed by atoms with E-state index in [1.54, 1.807) is 0 Å². The lowest BCUT2D eigenvalue weighted by Crippen LogP contribution is -2.33. The van der Waals surface area contributed by atoms with E-state index in [1.165, 1.54) is 24.3 Å². The average molecular weight is 369 g/mol. The number of nitrogens with zero attached hydrogens (tertiary/aromatic N) is 1. The molecule has 0 heterocycles. The van der Waals surface area contributed by atoms with E-state index >= 15 is 0 Å². The summed E-state index contributed by atoms with van der Waals surface area (Å²) in [5, 5.41) is 10.6. The molecule has 2 rings (SSSR count). The fraction of sp³-hybridized carbons (Fsp3) is 0.0667. The fourth-order valence-electron chi connectivity index (χ4n) is 1.77. The van der Waals surface area contributed by atoms with Gasteiger partial charge in [0.15, 0.2) is 17.5 Å². The van der Waals surface area contributed by atoms with Crippen LogP contribution >= 0.6 is 0 Å². The van der Waals surface area contributed by atoms with Gasteiger partial charge in [-0.25, -0.2) is 26.3 Å². The van der Waals surface area contributed by atoms with Crippen LogP contribution in [0.25, 0.3) is 0 Å². The number of halogens is 3. The molecule has 0 spiro atoms. The zero-order chi connectivity index (χ0) is 18.6. The summed E-state index contributed by atoms with van der Waals surface area (Å²) in [6.45, 7) is -0.763. The van der Waals surface area contributed by atoms with Gasteiger partial charge in [0.1, 0.15) is 0 Å². The predicted octanol–water partition coefficient (Wildman–Crippen LogP) is 1.89. The minimum Gasteiger partial charge on any atom is -0.322 e. The van der Waals surface area contributed by atoms with Crippen molar-refractivity contribution >= 4 is 21.6 Å². The highest BCUT2D eigenvalue weighted by Crippen LogP contribution is 2.19. The zero-order valence-corrected chi connectivity index (χ0v) is 13.2. The monoisotopic (exact) mass is 369 g/mol. The first-order chi connectivity index (χ1) is 11.7. The molecule has 2 N–H and O–H groups in total. The van der Waals surface area contributed by atoms with E-state index in [1.807, 2.05) is 16.1 Å². The summed E-state index contributed by atoms with van der Waals surface area (Å²) >= 11 is 0. The normalized spacial score (nSPS) is 11.0. The average Bonchev–Trinajstić information content (AvgIpc) is 2.60. The largest absolute Gasteiger partial charge is 0.322 e. The van der Waals surface area contributed by atoms with Crippen molar-refractivity contribution < 1.29 is 26.4 Å². The molecule has 0 radical (unpaired) electrons. The maximum atomic E-state index is 13.4. The quantitative estimate of drug-likeness (QED) is 0.787. The summed E-state index contributed by atoms with van der Waals surface area (Å²) in [5.41, 5.74) is -0.369. The van der Waals surface area contributed by atoms with Gasteiger partial charge in [-0.05, 0) is 36.4 Å². The van der Waals surface area contributed by atoms with Crippen molar-refractivity contribution in [1.29, 1.82) is 5.26 Å². The number of amides is 1. The molecule has 0 bridgehead atoms. The Labute approximate surface area is 140 Å². The molecule has 25 heavy (non-hydrogen) atoms. The van der Waals surface area contributed by atoms with Crippen molar-refractivity contribution in [2.45, 2.75) is 4.90 Å². The zero-order valence-electron chi connectivity index (χ0n) is 12.4. The number of rotatable bonds is 5. The van der Waals surface area contributed by atoms with Gasteiger partial charge in [-0.15, -0.1) is 0 Å². The molecular weight excluding hydrogens is 359 g/mol. The highest BCUT2D eigenvalue weighted by molar-refractivity contribution is 7.89. The van der Waals surface area contributed by atoms with Crippen molar-refractivity contribution in [2.24, 2.45) is 0 Å². The number of hydrogen-bond acceptors (Lipinski definition) is 4. The van der Waals surface area contributed by atoms with Crippen LogP contribution in [0, 0.1) is 28.8 Å². The summed E-state index contributed by atoms with van der Waals surface area (Å²) in [6, 6.07) is 8.17. The Hall–Kier alpha value is -2.90. The van der Waals surface area contributed by atoms with Gasteiger partial charge in [0.25, 0.3) is 0 Å². The van der Waals surface area contributed by atoms with Crippen molar-refractivity contribution in [3.05, 3.63) is 59.4 Å². The van der Waals surface area contributed by atoms with Gasteiger partial charge in [0, 0.05) is 0 Å². The number of anilines is 1. The number of benzene rings is 2. The van der Waals surface area contributed by atoms with Gasteiger partial charge < -0.3 is 5.32 Å². The molecule has 0 fully saturated rings. The molecule has 0 aliphatic carbocycles. The topological polar surface area (TPSA) is 99.1 Å². The lowest BCUT2D eigenvalue weighted by Gasteiger charge is -2.09. The Bertz CT molecular complexity index is 954. The second-order valence-corrected chi connectivity index (χ2v) is 6.50. The molecule has 0 aliphatic heterocycles. The van der Waals surface area contributed by atoms with Gasteiger partial charge in [0.05, 0.1) is 28.8 Å².